The fourth-order valence-corrected chi connectivity index (χ4v) is 4.39. The van der Waals surface area contributed by atoms with E-state index in [2.05, 4.69) is 17.2 Å². The molecule has 2 rings (SSSR count). The molecule has 1 saturated carbocycles. The Bertz CT molecular complexity index is 797. The van der Waals surface area contributed by atoms with Crippen LogP contribution in [0.2, 0.25) is 0 Å². The highest BCUT2D eigenvalue weighted by Crippen LogP contribution is 2.47. The highest BCUT2D eigenvalue weighted by Gasteiger charge is 2.45. The lowest BCUT2D eigenvalue weighted by Gasteiger charge is -2.32. The Hall–Kier alpha value is -1.43. The van der Waals surface area contributed by atoms with Crippen LogP contribution >= 0.6 is 0 Å². The average Bonchev–Trinajstić information content (AvgIpc) is 3.40. The zero-order valence-electron chi connectivity index (χ0n) is 17.0. The minimum absolute atomic E-state index is 0.0143. The zero-order chi connectivity index (χ0) is 21.2. The molecular weight excluding hydrogens is 383 g/mol. The molecule has 0 heterocycles. The van der Waals surface area contributed by atoms with Crippen LogP contribution in [-0.4, -0.2) is 49.8 Å². The predicted molar refractivity (Wildman–Crippen MR) is 106 cm³/mol. The topological polar surface area (TPSA) is 95.5 Å². The molecule has 0 radical (unpaired) electrons. The Morgan fingerprint density at radius 1 is 1.39 bits per heavy atom. The van der Waals surface area contributed by atoms with Crippen molar-refractivity contribution in [1.29, 1.82) is 0 Å². The number of rotatable bonds is 8. The molecule has 0 aromatic heterocycles. The number of sulfone groups is 1. The van der Waals surface area contributed by atoms with Crippen LogP contribution in [0, 0.1) is 29.1 Å². The van der Waals surface area contributed by atoms with Gasteiger partial charge in [-0.2, -0.15) is 0 Å². The molecule has 0 aromatic carbocycles. The number of hydrogen-bond donors (Lipinski definition) is 3. The van der Waals surface area contributed by atoms with E-state index in [9.17, 15) is 17.6 Å². The van der Waals surface area contributed by atoms with E-state index in [1.807, 2.05) is 13.8 Å². The third kappa shape index (κ3) is 4.76. The molecule has 0 bridgehead atoms. The van der Waals surface area contributed by atoms with Crippen molar-refractivity contribution in [2.24, 2.45) is 17.3 Å². The van der Waals surface area contributed by atoms with E-state index in [0.717, 1.165) is 24.7 Å². The van der Waals surface area contributed by atoms with E-state index in [1.54, 1.807) is 6.08 Å². The molecule has 0 aromatic rings. The van der Waals surface area contributed by atoms with Gasteiger partial charge in [0.15, 0.2) is 14.6 Å². The summed E-state index contributed by atoms with van der Waals surface area (Å²) in [7, 11) is -3.71. The second-order valence-corrected chi connectivity index (χ2v) is 10.9. The highest BCUT2D eigenvalue weighted by atomic mass is 32.2. The van der Waals surface area contributed by atoms with Crippen molar-refractivity contribution in [3.8, 4) is 11.8 Å². The number of nitrogens with one attached hydrogen (secondary N) is 2. The molecule has 2 aliphatic carbocycles. The average molecular weight is 415 g/mol. The van der Waals surface area contributed by atoms with E-state index in [4.69, 9.17) is 5.21 Å². The van der Waals surface area contributed by atoms with E-state index < -0.39 is 26.7 Å². The van der Waals surface area contributed by atoms with Gasteiger partial charge >= 0.3 is 0 Å². The van der Waals surface area contributed by atoms with Crippen LogP contribution in [0.25, 0.3) is 0 Å². The van der Waals surface area contributed by atoms with Gasteiger partial charge in [-0.05, 0) is 58.7 Å². The second kappa shape index (κ2) is 8.52. The number of carbonyl (C=O) groups excluding carboxylic acids is 1. The molecule has 4 atom stereocenters. The van der Waals surface area contributed by atoms with Crippen LogP contribution in [0.3, 0.4) is 0 Å². The zero-order valence-corrected chi connectivity index (χ0v) is 17.8. The van der Waals surface area contributed by atoms with Crippen molar-refractivity contribution in [2.45, 2.75) is 57.4 Å². The summed E-state index contributed by atoms with van der Waals surface area (Å²) in [6, 6.07) is 0. The van der Waals surface area contributed by atoms with Gasteiger partial charge in [-0.3, -0.25) is 10.0 Å². The minimum Gasteiger partial charge on any atom is -0.317 e. The molecule has 2 unspecified atom stereocenters. The third-order valence-corrected chi connectivity index (χ3v) is 8.36. The Labute approximate surface area is 167 Å². The van der Waals surface area contributed by atoms with Gasteiger partial charge in [-0.1, -0.05) is 24.3 Å². The van der Waals surface area contributed by atoms with E-state index in [-0.39, 0.29) is 24.3 Å². The molecule has 3 N–H and O–H groups in total. The summed E-state index contributed by atoms with van der Waals surface area (Å²) in [6.07, 6.45) is 4.42. The normalized spacial score (nSPS) is 29.4. The molecule has 158 valence electrons. The monoisotopic (exact) mass is 414 g/mol. The maximum absolute atomic E-state index is 14.5. The molecule has 0 saturated heterocycles. The first-order chi connectivity index (χ1) is 13.0. The van der Waals surface area contributed by atoms with Gasteiger partial charge in [0.05, 0.1) is 5.92 Å². The van der Waals surface area contributed by atoms with Crippen molar-refractivity contribution in [1.82, 2.24) is 10.8 Å². The van der Waals surface area contributed by atoms with Crippen LogP contribution in [0.1, 0.15) is 46.5 Å². The highest BCUT2D eigenvalue weighted by molar-refractivity contribution is 7.92. The van der Waals surface area contributed by atoms with Gasteiger partial charge in [-0.15, -0.1) is 0 Å². The molecule has 8 heteroatoms. The molecule has 0 aliphatic heterocycles. The largest absolute Gasteiger partial charge is 0.317 e. The lowest BCUT2D eigenvalue weighted by molar-refractivity contribution is -0.131. The Morgan fingerprint density at radius 3 is 2.57 bits per heavy atom. The maximum atomic E-state index is 14.5. The standard InChI is InChI=1S/C20H31FN2O4S/c1-14-13-17(21)16(8-7-15-5-6-15)19(14,2)9-11-22-12-10-20(3,18(24)23-25)28(4,26)27/h13,15-17,22,25H,5-6,9-12H2,1-4H3,(H,23,24)/t16-,17?,19-,20?/m0/s1. The van der Waals surface area contributed by atoms with Crippen molar-refractivity contribution in [3.05, 3.63) is 11.6 Å². The molecule has 6 nitrogen and oxygen atoms in total. The summed E-state index contributed by atoms with van der Waals surface area (Å²) in [6.45, 7) is 6.05. The van der Waals surface area contributed by atoms with Crippen molar-refractivity contribution in [3.63, 3.8) is 0 Å². The minimum atomic E-state index is -3.71. The van der Waals surface area contributed by atoms with Crippen LogP contribution < -0.4 is 10.8 Å². The van der Waals surface area contributed by atoms with E-state index in [1.165, 1.54) is 12.4 Å². The van der Waals surface area contributed by atoms with Gasteiger partial charge < -0.3 is 5.32 Å². The third-order valence-electron chi connectivity index (χ3n) is 6.34. The number of alkyl halides is 1. The maximum Gasteiger partial charge on any atom is 0.264 e. The quantitative estimate of drug-likeness (QED) is 0.186. The van der Waals surface area contributed by atoms with Gasteiger partial charge in [0.25, 0.3) is 5.91 Å². The Balaban J connectivity index is 1.93. The van der Waals surface area contributed by atoms with E-state index >= 15 is 0 Å². The van der Waals surface area contributed by atoms with Crippen molar-refractivity contribution >= 4 is 15.7 Å². The van der Waals surface area contributed by atoms with Crippen LogP contribution in [0.5, 0.6) is 0 Å². The summed E-state index contributed by atoms with van der Waals surface area (Å²) < 4.78 is 36.7. The number of amides is 1. The number of halogens is 1. The number of allylic oxidation sites excluding steroid dienone is 2. The molecule has 1 amide bonds. The summed E-state index contributed by atoms with van der Waals surface area (Å²) in [4.78, 5) is 11.8. The number of hydroxylamine groups is 1. The number of hydrogen-bond acceptors (Lipinski definition) is 5. The SMILES string of the molecule is CC1=CC(F)[C@H](C#CC2CC2)[C@@]1(C)CCNCCC(C)(C(=O)NO)S(C)(=O)=O. The molecule has 1 fully saturated rings. The summed E-state index contributed by atoms with van der Waals surface area (Å²) in [5, 5.41) is 12.0. The summed E-state index contributed by atoms with van der Waals surface area (Å²) in [5.41, 5.74) is 2.04. The van der Waals surface area contributed by atoms with Gasteiger partial charge in [0.2, 0.25) is 0 Å². The van der Waals surface area contributed by atoms with Crippen LogP contribution in [0.15, 0.2) is 11.6 Å². The van der Waals surface area contributed by atoms with Crippen molar-refractivity contribution < 1.29 is 22.8 Å². The lowest BCUT2D eigenvalue weighted by Crippen LogP contribution is -2.50. The smallest absolute Gasteiger partial charge is 0.264 e. The molecular formula is C20H31FN2O4S. The molecule has 28 heavy (non-hydrogen) atoms. The predicted octanol–water partition coefficient (Wildman–Crippen LogP) is 2.00. The number of carbonyl (C=O) groups is 1. The van der Waals surface area contributed by atoms with Crippen LogP contribution in [0.4, 0.5) is 4.39 Å². The summed E-state index contributed by atoms with van der Waals surface area (Å²) in [5.74, 6) is 5.44. The summed E-state index contributed by atoms with van der Waals surface area (Å²) >= 11 is 0. The fourth-order valence-electron chi connectivity index (χ4n) is 3.53. The van der Waals surface area contributed by atoms with Gasteiger partial charge in [0.1, 0.15) is 6.17 Å². The van der Waals surface area contributed by atoms with Crippen LogP contribution in [-0.2, 0) is 14.6 Å². The Morgan fingerprint density at radius 2 is 2.04 bits per heavy atom. The van der Waals surface area contributed by atoms with Crippen molar-refractivity contribution in [2.75, 3.05) is 19.3 Å². The second-order valence-electron chi connectivity index (χ2n) is 8.45. The first-order valence-corrected chi connectivity index (χ1v) is 11.5. The molecule has 0 spiro atoms. The molecule has 2 aliphatic rings. The first-order valence-electron chi connectivity index (χ1n) is 9.64. The fraction of sp³-hybridized carbons (Fsp3) is 0.750. The van der Waals surface area contributed by atoms with E-state index in [0.29, 0.717) is 18.9 Å². The van der Waals surface area contributed by atoms with Gasteiger partial charge in [-0.25, -0.2) is 18.3 Å². The Kier molecular flexibility index (Phi) is 6.95. The van der Waals surface area contributed by atoms with Gasteiger partial charge in [0, 0.05) is 17.6 Å². The first kappa shape index (κ1) is 22.9. The lowest BCUT2D eigenvalue weighted by atomic mass is 9.73.